The van der Waals surface area contributed by atoms with Crippen LogP contribution in [-0.2, 0) is 10.0 Å². The minimum atomic E-state index is -4.31. The quantitative estimate of drug-likeness (QED) is 0.824. The van der Waals surface area contributed by atoms with Crippen LogP contribution in [0.1, 0.15) is 0 Å². The Bertz CT molecular complexity index is 707. The number of rotatable bonds is 3. The molecule has 1 heterocycles. The Balaban J connectivity index is 2.46. The molecule has 0 atom stereocenters. The third kappa shape index (κ3) is 2.76. The van der Waals surface area contributed by atoms with E-state index in [1.165, 1.54) is 18.7 Å². The van der Waals surface area contributed by atoms with E-state index in [0.29, 0.717) is 6.07 Å². The molecule has 1 aromatic heterocycles. The fourth-order valence-corrected chi connectivity index (χ4v) is 2.49. The van der Waals surface area contributed by atoms with Crippen LogP contribution in [0.3, 0.4) is 0 Å². The van der Waals surface area contributed by atoms with Gasteiger partial charge in [-0.3, -0.25) is 4.72 Å². The molecule has 0 aliphatic carbocycles. The molecule has 0 spiro atoms. The second-order valence-electron chi connectivity index (χ2n) is 3.55. The molecule has 0 aliphatic heterocycles. The number of nitrogens with zero attached hydrogens (tertiary/aromatic N) is 2. The maximum Gasteiger partial charge on any atom is 0.265 e. The highest BCUT2D eigenvalue weighted by molar-refractivity contribution is 7.92. The molecule has 6 nitrogen and oxygen atoms in total. The summed E-state index contributed by atoms with van der Waals surface area (Å²) in [5.41, 5.74) is 5.11. The fourth-order valence-electron chi connectivity index (χ4n) is 1.34. The van der Waals surface area contributed by atoms with E-state index in [4.69, 9.17) is 5.73 Å². The second kappa shape index (κ2) is 4.76. The lowest BCUT2D eigenvalue weighted by molar-refractivity contribution is 0.486. The van der Waals surface area contributed by atoms with Crippen LogP contribution in [0, 0.1) is 11.6 Å². The molecule has 0 amide bonds. The average molecular weight is 286 g/mol. The first-order valence-electron chi connectivity index (χ1n) is 4.92. The molecule has 100 valence electrons. The van der Waals surface area contributed by atoms with Gasteiger partial charge in [-0.1, -0.05) is 0 Å². The van der Waals surface area contributed by atoms with Gasteiger partial charge >= 0.3 is 0 Å². The first-order valence-corrected chi connectivity index (χ1v) is 6.41. The van der Waals surface area contributed by atoms with Gasteiger partial charge in [0.15, 0.2) is 11.6 Å². The summed E-state index contributed by atoms with van der Waals surface area (Å²) in [7, 11) is -4.31. The van der Waals surface area contributed by atoms with Gasteiger partial charge in [0, 0.05) is 5.69 Å². The van der Waals surface area contributed by atoms with Crippen molar-refractivity contribution >= 4 is 21.4 Å². The van der Waals surface area contributed by atoms with E-state index in [1.54, 1.807) is 0 Å². The molecule has 0 saturated carbocycles. The van der Waals surface area contributed by atoms with Gasteiger partial charge in [0.05, 0.1) is 18.1 Å². The molecular formula is C10H8F2N4O2S. The van der Waals surface area contributed by atoms with Crippen LogP contribution in [0.2, 0.25) is 0 Å². The Morgan fingerprint density at radius 2 is 1.79 bits per heavy atom. The molecule has 3 N–H and O–H groups in total. The van der Waals surface area contributed by atoms with Crippen molar-refractivity contribution in [1.82, 2.24) is 9.97 Å². The number of benzene rings is 1. The first kappa shape index (κ1) is 13.1. The Morgan fingerprint density at radius 3 is 2.42 bits per heavy atom. The topological polar surface area (TPSA) is 98.0 Å². The zero-order valence-electron chi connectivity index (χ0n) is 9.34. The lowest BCUT2D eigenvalue weighted by Gasteiger charge is -2.09. The van der Waals surface area contributed by atoms with E-state index in [1.807, 2.05) is 4.72 Å². The average Bonchev–Trinajstić information content (AvgIpc) is 2.34. The van der Waals surface area contributed by atoms with Gasteiger partial charge in [0.25, 0.3) is 10.0 Å². The molecule has 1 aromatic carbocycles. The van der Waals surface area contributed by atoms with Crippen LogP contribution in [-0.4, -0.2) is 18.4 Å². The molecule has 9 heteroatoms. The summed E-state index contributed by atoms with van der Waals surface area (Å²) < 4.78 is 52.4. The third-order valence-corrected chi connectivity index (χ3v) is 3.50. The summed E-state index contributed by atoms with van der Waals surface area (Å²) in [6, 6.07) is 1.52. The van der Waals surface area contributed by atoms with Gasteiger partial charge in [-0.05, 0) is 12.1 Å². The minimum Gasteiger partial charge on any atom is -0.399 e. The van der Waals surface area contributed by atoms with Crippen LogP contribution in [0.25, 0.3) is 0 Å². The summed E-state index contributed by atoms with van der Waals surface area (Å²) in [6.45, 7) is 0. The lowest BCUT2D eigenvalue weighted by Crippen LogP contribution is -2.16. The van der Waals surface area contributed by atoms with Gasteiger partial charge in [-0.25, -0.2) is 27.2 Å². The predicted molar refractivity (Wildman–Crippen MR) is 63.6 cm³/mol. The zero-order chi connectivity index (χ0) is 14.0. The number of nitrogens with one attached hydrogen (secondary N) is 1. The molecule has 2 aromatic rings. The number of nitrogens with two attached hydrogens (primary N) is 1. The molecule has 0 unspecified atom stereocenters. The van der Waals surface area contributed by atoms with E-state index in [-0.39, 0.29) is 11.4 Å². The molecule has 0 radical (unpaired) electrons. The smallest absolute Gasteiger partial charge is 0.265 e. The van der Waals surface area contributed by atoms with Crippen molar-refractivity contribution in [2.75, 3.05) is 10.5 Å². The molecule has 0 saturated heterocycles. The van der Waals surface area contributed by atoms with Crippen LogP contribution >= 0.6 is 0 Å². The molecule has 0 aliphatic rings. The summed E-state index contributed by atoms with van der Waals surface area (Å²) in [4.78, 5) is 6.30. The Labute approximate surface area is 107 Å². The molecule has 0 bridgehead atoms. The standard InChI is InChI=1S/C10H8F2N4O2S/c11-8-1-6(13)2-9(10(8)12)19(17,18)16-7-3-14-5-15-4-7/h1-5,16H,13H2. The predicted octanol–water partition coefficient (Wildman–Crippen LogP) is 1.14. The maximum atomic E-state index is 13.5. The Kier molecular flexibility index (Phi) is 3.30. The molecule has 2 rings (SSSR count). The zero-order valence-corrected chi connectivity index (χ0v) is 10.2. The van der Waals surface area contributed by atoms with Crippen molar-refractivity contribution in [2.45, 2.75) is 4.90 Å². The van der Waals surface area contributed by atoms with Gasteiger partial charge in [-0.15, -0.1) is 0 Å². The number of sulfonamides is 1. The van der Waals surface area contributed by atoms with E-state index < -0.39 is 26.6 Å². The van der Waals surface area contributed by atoms with E-state index in [9.17, 15) is 17.2 Å². The number of anilines is 2. The Hall–Kier alpha value is -2.29. The highest BCUT2D eigenvalue weighted by Gasteiger charge is 2.23. The van der Waals surface area contributed by atoms with E-state index in [0.717, 1.165) is 6.07 Å². The van der Waals surface area contributed by atoms with Crippen LogP contribution in [0.5, 0.6) is 0 Å². The summed E-state index contributed by atoms with van der Waals surface area (Å²) in [5, 5.41) is 0. The maximum absolute atomic E-state index is 13.5. The van der Waals surface area contributed by atoms with Gasteiger partial charge < -0.3 is 5.73 Å². The normalized spacial score (nSPS) is 11.3. The lowest BCUT2D eigenvalue weighted by atomic mass is 10.3. The van der Waals surface area contributed by atoms with Gasteiger partial charge in [0.1, 0.15) is 11.2 Å². The number of hydrogen-bond donors (Lipinski definition) is 2. The largest absolute Gasteiger partial charge is 0.399 e. The highest BCUT2D eigenvalue weighted by Crippen LogP contribution is 2.22. The van der Waals surface area contributed by atoms with Crippen LogP contribution < -0.4 is 10.5 Å². The van der Waals surface area contributed by atoms with Crippen molar-refractivity contribution in [3.63, 3.8) is 0 Å². The fraction of sp³-hybridized carbons (Fsp3) is 0. The number of aromatic nitrogens is 2. The number of nitrogen functional groups attached to an aromatic ring is 1. The van der Waals surface area contributed by atoms with Crippen molar-refractivity contribution in [3.8, 4) is 0 Å². The molecular weight excluding hydrogens is 278 g/mol. The van der Waals surface area contributed by atoms with Crippen molar-refractivity contribution < 1.29 is 17.2 Å². The monoisotopic (exact) mass is 286 g/mol. The highest BCUT2D eigenvalue weighted by atomic mass is 32.2. The van der Waals surface area contributed by atoms with Crippen molar-refractivity contribution in [2.24, 2.45) is 0 Å². The first-order chi connectivity index (χ1) is 8.90. The van der Waals surface area contributed by atoms with Crippen molar-refractivity contribution in [1.29, 1.82) is 0 Å². The van der Waals surface area contributed by atoms with E-state index in [2.05, 4.69) is 9.97 Å². The summed E-state index contributed by atoms with van der Waals surface area (Å²) in [5.74, 6) is -2.84. The summed E-state index contributed by atoms with van der Waals surface area (Å²) >= 11 is 0. The van der Waals surface area contributed by atoms with Crippen LogP contribution in [0.15, 0.2) is 35.7 Å². The number of hydrogen-bond acceptors (Lipinski definition) is 5. The second-order valence-corrected chi connectivity index (χ2v) is 5.20. The van der Waals surface area contributed by atoms with Gasteiger partial charge in [0.2, 0.25) is 0 Å². The molecule has 19 heavy (non-hydrogen) atoms. The Morgan fingerprint density at radius 1 is 1.16 bits per heavy atom. The minimum absolute atomic E-state index is 0.0183. The summed E-state index contributed by atoms with van der Waals surface area (Å²) in [6.07, 6.45) is 3.54. The number of halogens is 2. The van der Waals surface area contributed by atoms with Crippen molar-refractivity contribution in [3.05, 3.63) is 42.5 Å². The van der Waals surface area contributed by atoms with Gasteiger partial charge in [-0.2, -0.15) is 0 Å². The van der Waals surface area contributed by atoms with Crippen LogP contribution in [0.4, 0.5) is 20.2 Å². The van der Waals surface area contributed by atoms with E-state index >= 15 is 0 Å². The molecule has 0 fully saturated rings. The SMILES string of the molecule is Nc1cc(F)c(F)c(S(=O)(=O)Nc2cncnc2)c1. The third-order valence-electron chi connectivity index (χ3n) is 2.12.